The normalized spacial score (nSPS) is 11.3. The van der Waals surface area contributed by atoms with Gasteiger partial charge in [-0.3, -0.25) is 9.59 Å². The molecule has 0 bridgehead atoms. The van der Waals surface area contributed by atoms with Crippen LogP contribution in [-0.4, -0.2) is 23.8 Å². The summed E-state index contributed by atoms with van der Waals surface area (Å²) in [5.74, 6) is 0.548. The van der Waals surface area contributed by atoms with Crippen LogP contribution < -0.4 is 4.74 Å². The minimum absolute atomic E-state index is 0.0214. The second-order valence-electron chi connectivity index (χ2n) is 8.86. The van der Waals surface area contributed by atoms with E-state index in [0.29, 0.717) is 19.3 Å². The van der Waals surface area contributed by atoms with Crippen molar-refractivity contribution in [3.05, 3.63) is 77.5 Å². The fourth-order valence-electron chi connectivity index (χ4n) is 4.17. The molecule has 3 rings (SSSR count). The van der Waals surface area contributed by atoms with Crippen molar-refractivity contribution in [1.82, 2.24) is 4.98 Å². The van der Waals surface area contributed by atoms with Crippen molar-refractivity contribution in [3.8, 4) is 5.75 Å². The van der Waals surface area contributed by atoms with E-state index in [-0.39, 0.29) is 18.4 Å². The first kappa shape index (κ1) is 26.3. The number of methoxy groups -OCH3 is 1. The summed E-state index contributed by atoms with van der Waals surface area (Å²) in [6.07, 6.45) is 12.2. The highest BCUT2D eigenvalue weighted by atomic mass is 16.5. The maximum atomic E-state index is 13.1. The minimum atomic E-state index is -0.243. The van der Waals surface area contributed by atoms with E-state index in [1.807, 2.05) is 54.6 Å². The molecule has 0 radical (unpaired) electrons. The Bertz CT molecular complexity index is 1110. The summed E-state index contributed by atoms with van der Waals surface area (Å²) in [6, 6.07) is 15.3. The lowest BCUT2D eigenvalue weighted by Gasteiger charge is -2.06. The number of ether oxygens (including phenoxy) is 2. The highest BCUT2D eigenvalue weighted by Gasteiger charge is 2.16. The molecule has 186 valence electrons. The number of carbonyl (C=O) groups excluding carboxylic acids is 2. The molecule has 0 aliphatic rings. The Hall–Kier alpha value is -3.34. The zero-order chi connectivity index (χ0) is 24.9. The lowest BCUT2D eigenvalue weighted by Crippen LogP contribution is -2.06. The minimum Gasteiger partial charge on any atom is -0.497 e. The van der Waals surface area contributed by atoms with E-state index in [1.165, 1.54) is 25.7 Å². The molecule has 35 heavy (non-hydrogen) atoms. The average molecular weight is 476 g/mol. The second kappa shape index (κ2) is 14.1. The Balaban J connectivity index is 1.53. The summed E-state index contributed by atoms with van der Waals surface area (Å²) in [5, 5.41) is 0.933. The van der Waals surface area contributed by atoms with Crippen LogP contribution in [-0.2, 0) is 22.6 Å². The highest BCUT2D eigenvalue weighted by Crippen LogP contribution is 2.25. The quantitative estimate of drug-likeness (QED) is 0.108. The van der Waals surface area contributed by atoms with Gasteiger partial charge in [-0.1, -0.05) is 69.0 Å². The Morgan fingerprint density at radius 2 is 1.71 bits per heavy atom. The van der Waals surface area contributed by atoms with E-state index < -0.39 is 0 Å². The number of benzene rings is 2. The van der Waals surface area contributed by atoms with E-state index in [9.17, 15) is 9.59 Å². The molecule has 0 amide bonds. The van der Waals surface area contributed by atoms with Gasteiger partial charge in [0.05, 0.1) is 12.7 Å². The molecule has 1 N–H and O–H groups in total. The number of ketones is 1. The number of nitrogens with one attached hydrogen (secondary N) is 1. The number of aromatic nitrogens is 1. The van der Waals surface area contributed by atoms with Gasteiger partial charge in [-0.2, -0.15) is 0 Å². The Labute approximate surface area is 208 Å². The van der Waals surface area contributed by atoms with E-state index in [0.717, 1.165) is 46.3 Å². The van der Waals surface area contributed by atoms with Crippen LogP contribution in [0.4, 0.5) is 0 Å². The Morgan fingerprint density at radius 1 is 0.943 bits per heavy atom. The maximum absolute atomic E-state index is 13.1. The number of fused-ring (bicyclic) bond motifs is 1. The van der Waals surface area contributed by atoms with Crippen molar-refractivity contribution in [2.75, 3.05) is 7.11 Å². The number of hydrogen-bond donors (Lipinski definition) is 1. The number of hydrogen-bond acceptors (Lipinski definition) is 4. The molecule has 1 heterocycles. The summed E-state index contributed by atoms with van der Waals surface area (Å²) in [5.41, 5.74) is 3.46. The fourth-order valence-corrected chi connectivity index (χ4v) is 4.17. The van der Waals surface area contributed by atoms with Crippen molar-refractivity contribution in [2.45, 2.75) is 71.3 Å². The summed E-state index contributed by atoms with van der Waals surface area (Å²) < 4.78 is 10.6. The molecular weight excluding hydrogens is 438 g/mol. The summed E-state index contributed by atoms with van der Waals surface area (Å²) >= 11 is 0. The number of carbonyl (C=O) groups is 2. The van der Waals surface area contributed by atoms with Crippen molar-refractivity contribution in [2.24, 2.45) is 0 Å². The van der Waals surface area contributed by atoms with Gasteiger partial charge in [0.15, 0.2) is 5.78 Å². The lowest BCUT2D eigenvalue weighted by molar-refractivity contribution is -0.145. The van der Waals surface area contributed by atoms with Crippen molar-refractivity contribution in [3.63, 3.8) is 0 Å². The monoisotopic (exact) mass is 475 g/mol. The third-order valence-electron chi connectivity index (χ3n) is 6.14. The Morgan fingerprint density at radius 3 is 2.49 bits per heavy atom. The largest absolute Gasteiger partial charge is 0.497 e. The van der Waals surface area contributed by atoms with Crippen molar-refractivity contribution >= 4 is 22.7 Å². The zero-order valence-corrected chi connectivity index (χ0v) is 21.0. The van der Waals surface area contributed by atoms with Crippen LogP contribution in [0.3, 0.4) is 0 Å². The SMILES string of the molecule is CCCCCCC/C=C/C(=O)c1c(CCCC(=O)OCc2ccc(OC)cc2)[nH]c2ccccc12. The lowest BCUT2D eigenvalue weighted by atomic mass is 10.0. The number of aryl methyl sites for hydroxylation is 1. The van der Waals surface area contributed by atoms with Gasteiger partial charge in [-0.25, -0.2) is 0 Å². The maximum Gasteiger partial charge on any atom is 0.306 e. The number of esters is 1. The third kappa shape index (κ3) is 8.13. The fraction of sp³-hybridized carbons (Fsp3) is 0.400. The van der Waals surface area contributed by atoms with E-state index >= 15 is 0 Å². The predicted octanol–water partition coefficient (Wildman–Crippen LogP) is 7.34. The van der Waals surface area contributed by atoms with Gasteiger partial charge in [-0.05, 0) is 55.5 Å². The van der Waals surface area contributed by atoms with Crippen LogP contribution in [0.15, 0.2) is 60.7 Å². The van der Waals surface area contributed by atoms with Crippen LogP contribution in [0.5, 0.6) is 5.75 Å². The van der Waals surface area contributed by atoms with Gasteiger partial charge < -0.3 is 14.5 Å². The first-order valence-electron chi connectivity index (χ1n) is 12.7. The molecule has 3 aromatic rings. The molecule has 5 heteroatoms. The highest BCUT2D eigenvalue weighted by molar-refractivity contribution is 6.14. The number of aromatic amines is 1. The second-order valence-corrected chi connectivity index (χ2v) is 8.86. The van der Waals surface area contributed by atoms with Crippen LogP contribution in [0.25, 0.3) is 10.9 Å². The number of rotatable bonds is 15. The summed E-state index contributed by atoms with van der Waals surface area (Å²) in [4.78, 5) is 28.7. The van der Waals surface area contributed by atoms with Crippen LogP contribution in [0, 0.1) is 0 Å². The molecule has 0 unspecified atom stereocenters. The Kier molecular flexibility index (Phi) is 10.6. The molecular formula is C30H37NO4. The number of unbranched alkanes of at least 4 members (excludes halogenated alkanes) is 5. The number of H-pyrrole nitrogens is 1. The standard InChI is InChI=1S/C30H37NO4/c1-3-4-5-6-7-8-9-16-28(32)30-25-13-10-11-14-26(25)31-27(30)15-12-17-29(33)35-22-23-18-20-24(34-2)21-19-23/h9-11,13-14,16,18-21,31H,3-8,12,15,17,22H2,1-2H3/b16-9+. The molecule has 1 aromatic heterocycles. The van der Waals surface area contributed by atoms with Crippen molar-refractivity contribution in [1.29, 1.82) is 0 Å². The topological polar surface area (TPSA) is 68.4 Å². The van der Waals surface area contributed by atoms with Gasteiger partial charge in [-0.15, -0.1) is 0 Å². The molecule has 0 saturated carbocycles. The van der Waals surface area contributed by atoms with Gasteiger partial charge >= 0.3 is 5.97 Å². The first-order valence-corrected chi connectivity index (χ1v) is 12.7. The number of allylic oxidation sites excluding steroid dienone is 2. The van der Waals surface area contributed by atoms with Crippen LogP contribution in [0.1, 0.15) is 79.9 Å². The summed E-state index contributed by atoms with van der Waals surface area (Å²) in [6.45, 7) is 2.45. The molecule has 0 atom stereocenters. The van der Waals surface area contributed by atoms with Gasteiger partial charge in [0, 0.05) is 23.0 Å². The molecule has 0 spiro atoms. The van der Waals surface area contributed by atoms with Crippen LogP contribution >= 0.6 is 0 Å². The van der Waals surface area contributed by atoms with Crippen LogP contribution in [0.2, 0.25) is 0 Å². The van der Waals surface area contributed by atoms with Gasteiger partial charge in [0.25, 0.3) is 0 Å². The van der Waals surface area contributed by atoms with Gasteiger partial charge in [0.2, 0.25) is 0 Å². The average Bonchev–Trinajstić information content (AvgIpc) is 3.25. The molecule has 2 aromatic carbocycles. The van der Waals surface area contributed by atoms with E-state index in [4.69, 9.17) is 9.47 Å². The van der Waals surface area contributed by atoms with E-state index in [1.54, 1.807) is 13.2 Å². The zero-order valence-electron chi connectivity index (χ0n) is 21.0. The van der Waals surface area contributed by atoms with Gasteiger partial charge in [0.1, 0.15) is 12.4 Å². The smallest absolute Gasteiger partial charge is 0.306 e. The molecule has 0 fully saturated rings. The molecule has 0 aliphatic heterocycles. The molecule has 0 saturated heterocycles. The summed E-state index contributed by atoms with van der Waals surface area (Å²) in [7, 11) is 1.62. The predicted molar refractivity (Wildman–Crippen MR) is 141 cm³/mol. The third-order valence-corrected chi connectivity index (χ3v) is 6.14. The number of para-hydroxylation sites is 1. The van der Waals surface area contributed by atoms with Crippen molar-refractivity contribution < 1.29 is 19.1 Å². The molecule has 0 aliphatic carbocycles. The molecule has 5 nitrogen and oxygen atoms in total. The first-order chi connectivity index (χ1) is 17.1. The van der Waals surface area contributed by atoms with E-state index in [2.05, 4.69) is 11.9 Å².